The van der Waals surface area contributed by atoms with Crippen LogP contribution in [0, 0.1) is 5.82 Å². The molecule has 7 N–H and O–H groups in total. The SMILES string of the molecule is COc1ccc2[nH]c(-c3cccc(F)c3)c(C(=O)O)c(=O)c2c1.NC(CO)(CO)CO. The molecule has 10 heteroatoms. The second-order valence-corrected chi connectivity index (χ2v) is 6.77. The number of aromatic nitrogens is 1. The molecule has 3 rings (SSSR count). The lowest BCUT2D eigenvalue weighted by Crippen LogP contribution is -2.50. The van der Waals surface area contributed by atoms with Crippen LogP contribution in [-0.2, 0) is 0 Å². The van der Waals surface area contributed by atoms with E-state index >= 15 is 0 Å². The number of pyridine rings is 1. The molecule has 0 aliphatic carbocycles. The fraction of sp³-hybridized carbons (Fsp3) is 0.238. The van der Waals surface area contributed by atoms with Crippen LogP contribution in [0.25, 0.3) is 22.2 Å². The molecule has 0 aliphatic rings. The van der Waals surface area contributed by atoms with Crippen molar-refractivity contribution in [2.24, 2.45) is 5.73 Å². The van der Waals surface area contributed by atoms with Crippen LogP contribution in [0.15, 0.2) is 47.3 Å². The number of nitrogens with one attached hydrogen (secondary N) is 1. The number of aliphatic hydroxyl groups is 3. The zero-order valence-electron chi connectivity index (χ0n) is 16.6. The van der Waals surface area contributed by atoms with Crippen molar-refractivity contribution in [3.63, 3.8) is 0 Å². The third kappa shape index (κ3) is 5.44. The Kier molecular flexibility index (Phi) is 7.83. The summed E-state index contributed by atoms with van der Waals surface area (Å²) in [7, 11) is 1.45. The van der Waals surface area contributed by atoms with Gasteiger partial charge in [-0.1, -0.05) is 12.1 Å². The summed E-state index contributed by atoms with van der Waals surface area (Å²) in [4.78, 5) is 27.0. The van der Waals surface area contributed by atoms with Crippen molar-refractivity contribution >= 4 is 16.9 Å². The number of carboxylic acid groups (broad SMARTS) is 1. The first-order valence-electron chi connectivity index (χ1n) is 9.04. The van der Waals surface area contributed by atoms with Crippen LogP contribution in [0.2, 0.25) is 0 Å². The number of fused-ring (bicyclic) bond motifs is 1. The highest BCUT2D eigenvalue weighted by atomic mass is 19.1. The fourth-order valence-corrected chi connectivity index (χ4v) is 2.61. The molecule has 0 spiro atoms. The molecule has 0 saturated carbocycles. The third-order valence-corrected chi connectivity index (χ3v) is 4.48. The lowest BCUT2D eigenvalue weighted by molar-refractivity contribution is 0.0691. The smallest absolute Gasteiger partial charge is 0.341 e. The lowest BCUT2D eigenvalue weighted by atomic mass is 10.0. The van der Waals surface area contributed by atoms with Gasteiger partial charge in [0, 0.05) is 5.56 Å². The van der Waals surface area contributed by atoms with E-state index in [2.05, 4.69) is 4.98 Å². The van der Waals surface area contributed by atoms with E-state index in [1.165, 1.54) is 37.4 Å². The third-order valence-electron chi connectivity index (χ3n) is 4.48. The molecule has 0 fully saturated rings. The second kappa shape index (κ2) is 10.1. The highest BCUT2D eigenvalue weighted by Crippen LogP contribution is 2.25. The number of aromatic amines is 1. The van der Waals surface area contributed by atoms with Crippen LogP contribution < -0.4 is 15.9 Å². The van der Waals surface area contributed by atoms with Gasteiger partial charge in [0.1, 0.15) is 17.1 Å². The molecule has 0 radical (unpaired) electrons. The number of carbonyl (C=O) groups is 1. The molecule has 166 valence electrons. The number of aliphatic hydroxyl groups excluding tert-OH is 3. The van der Waals surface area contributed by atoms with E-state index < -0.39 is 48.1 Å². The zero-order chi connectivity index (χ0) is 23.2. The quantitative estimate of drug-likeness (QED) is 0.330. The predicted octanol–water partition coefficient (Wildman–Crippen LogP) is 0.702. The van der Waals surface area contributed by atoms with Gasteiger partial charge in [0.15, 0.2) is 0 Å². The Morgan fingerprint density at radius 3 is 2.26 bits per heavy atom. The van der Waals surface area contributed by atoms with E-state index in [0.717, 1.165) is 0 Å². The first-order chi connectivity index (χ1) is 14.7. The predicted molar refractivity (Wildman–Crippen MR) is 112 cm³/mol. The van der Waals surface area contributed by atoms with Crippen LogP contribution >= 0.6 is 0 Å². The van der Waals surface area contributed by atoms with E-state index in [1.54, 1.807) is 12.1 Å². The molecule has 3 aromatic rings. The van der Waals surface area contributed by atoms with Gasteiger partial charge in [0.05, 0.1) is 49.1 Å². The van der Waals surface area contributed by atoms with Crippen molar-refractivity contribution in [3.8, 4) is 17.0 Å². The monoisotopic (exact) mass is 434 g/mol. The normalized spacial score (nSPS) is 11.0. The number of rotatable bonds is 6. The number of benzene rings is 2. The number of carboxylic acids is 1. The van der Waals surface area contributed by atoms with Crippen molar-refractivity contribution in [3.05, 3.63) is 64.1 Å². The maximum atomic E-state index is 13.4. The van der Waals surface area contributed by atoms with Crippen molar-refractivity contribution in [2.45, 2.75) is 5.54 Å². The molecule has 31 heavy (non-hydrogen) atoms. The van der Waals surface area contributed by atoms with Crippen molar-refractivity contribution < 1.29 is 34.3 Å². The Bertz CT molecular complexity index is 1120. The van der Waals surface area contributed by atoms with Crippen LogP contribution in [0.4, 0.5) is 4.39 Å². The average Bonchev–Trinajstić information content (AvgIpc) is 2.78. The van der Waals surface area contributed by atoms with Gasteiger partial charge in [0.25, 0.3) is 0 Å². The van der Waals surface area contributed by atoms with Gasteiger partial charge in [-0.2, -0.15) is 0 Å². The van der Waals surface area contributed by atoms with Gasteiger partial charge in [-0.05, 0) is 30.3 Å². The summed E-state index contributed by atoms with van der Waals surface area (Å²) in [5.41, 5.74) is 3.66. The van der Waals surface area contributed by atoms with Gasteiger partial charge in [-0.3, -0.25) is 4.79 Å². The molecular formula is C21H23FN2O7. The van der Waals surface area contributed by atoms with Crippen molar-refractivity contribution in [2.75, 3.05) is 26.9 Å². The maximum Gasteiger partial charge on any atom is 0.341 e. The van der Waals surface area contributed by atoms with E-state index in [4.69, 9.17) is 25.8 Å². The zero-order valence-corrected chi connectivity index (χ0v) is 16.6. The Morgan fingerprint density at radius 1 is 1.13 bits per heavy atom. The van der Waals surface area contributed by atoms with Crippen LogP contribution in [0.3, 0.4) is 0 Å². The minimum absolute atomic E-state index is 0.0691. The summed E-state index contributed by atoms with van der Waals surface area (Å²) in [6, 6.07) is 10.1. The molecule has 0 saturated heterocycles. The number of H-pyrrole nitrogens is 1. The summed E-state index contributed by atoms with van der Waals surface area (Å²) in [6.45, 7) is -1.21. The molecule has 0 bridgehead atoms. The van der Waals surface area contributed by atoms with Gasteiger partial charge in [-0.25, -0.2) is 9.18 Å². The number of ether oxygens (including phenoxy) is 1. The van der Waals surface area contributed by atoms with E-state index in [1.807, 2.05) is 0 Å². The van der Waals surface area contributed by atoms with Crippen molar-refractivity contribution in [1.82, 2.24) is 4.98 Å². The van der Waals surface area contributed by atoms with E-state index in [-0.39, 0.29) is 16.6 Å². The number of aromatic carboxylic acids is 1. The van der Waals surface area contributed by atoms with Gasteiger partial charge in [0.2, 0.25) is 5.43 Å². The first kappa shape index (κ1) is 24.0. The number of halogens is 1. The molecule has 0 atom stereocenters. The van der Waals surface area contributed by atoms with Crippen molar-refractivity contribution in [1.29, 1.82) is 0 Å². The highest BCUT2D eigenvalue weighted by molar-refractivity contribution is 5.99. The average molecular weight is 434 g/mol. The van der Waals surface area contributed by atoms with E-state index in [0.29, 0.717) is 11.3 Å². The van der Waals surface area contributed by atoms with E-state index in [9.17, 15) is 19.1 Å². The van der Waals surface area contributed by atoms with Crippen LogP contribution in [-0.4, -0.2) is 63.8 Å². The molecule has 2 aromatic carbocycles. The number of hydrogen-bond donors (Lipinski definition) is 6. The van der Waals surface area contributed by atoms with Gasteiger partial charge in [-0.15, -0.1) is 0 Å². The lowest BCUT2D eigenvalue weighted by Gasteiger charge is -2.20. The Balaban J connectivity index is 0.000000366. The Hall–Kier alpha value is -3.31. The standard InChI is InChI=1S/C17H12FNO4.C4H11NO3/c1-23-11-5-6-13-12(8-11)16(20)14(17(21)22)15(19-13)9-3-2-4-10(18)7-9;5-4(1-6,2-7)3-8/h2-8H,1H3,(H,19,20)(H,21,22);6-8H,1-3,5H2. The first-order valence-corrected chi connectivity index (χ1v) is 9.04. The topological polar surface area (TPSA) is 166 Å². The Labute approximate surface area is 176 Å². The minimum atomic E-state index is -1.38. The summed E-state index contributed by atoms with van der Waals surface area (Å²) < 4.78 is 18.5. The highest BCUT2D eigenvalue weighted by Gasteiger charge is 2.21. The number of methoxy groups -OCH3 is 1. The van der Waals surface area contributed by atoms with Crippen LogP contribution in [0.1, 0.15) is 10.4 Å². The molecule has 9 nitrogen and oxygen atoms in total. The van der Waals surface area contributed by atoms with Crippen LogP contribution in [0.5, 0.6) is 5.75 Å². The molecule has 1 heterocycles. The molecule has 0 amide bonds. The molecule has 0 aliphatic heterocycles. The largest absolute Gasteiger partial charge is 0.497 e. The molecule has 1 aromatic heterocycles. The summed E-state index contributed by atoms with van der Waals surface area (Å²) in [5, 5.41) is 34.6. The summed E-state index contributed by atoms with van der Waals surface area (Å²) in [5.74, 6) is -1.46. The summed E-state index contributed by atoms with van der Waals surface area (Å²) in [6.07, 6.45) is 0. The molecular weight excluding hydrogens is 411 g/mol. The number of nitrogens with two attached hydrogens (primary N) is 1. The summed E-state index contributed by atoms with van der Waals surface area (Å²) >= 11 is 0. The van der Waals surface area contributed by atoms with Gasteiger partial charge < -0.3 is 35.9 Å². The number of hydrogen-bond acceptors (Lipinski definition) is 7. The minimum Gasteiger partial charge on any atom is -0.497 e. The maximum absolute atomic E-state index is 13.4. The fourth-order valence-electron chi connectivity index (χ4n) is 2.61. The Morgan fingerprint density at radius 2 is 1.77 bits per heavy atom. The second-order valence-electron chi connectivity index (χ2n) is 6.77. The van der Waals surface area contributed by atoms with Gasteiger partial charge >= 0.3 is 5.97 Å². The molecule has 0 unspecified atom stereocenters.